The summed E-state index contributed by atoms with van der Waals surface area (Å²) in [5.41, 5.74) is 16.4. The molecule has 282 valence electrons. The Bertz CT molecular complexity index is 3300. The second-order valence-corrected chi connectivity index (χ2v) is 15.3. The van der Waals surface area contributed by atoms with Crippen molar-refractivity contribution < 1.29 is 0 Å². The summed E-state index contributed by atoms with van der Waals surface area (Å²) in [7, 11) is 0. The maximum atomic E-state index is 2.43. The van der Waals surface area contributed by atoms with Crippen LogP contribution in [0.15, 0.2) is 243 Å². The Morgan fingerprint density at radius 1 is 0.300 bits per heavy atom. The van der Waals surface area contributed by atoms with Gasteiger partial charge in [0.05, 0.1) is 22.4 Å². The van der Waals surface area contributed by atoms with Crippen molar-refractivity contribution in [2.45, 2.75) is 0 Å². The minimum absolute atomic E-state index is 1.09. The van der Waals surface area contributed by atoms with Gasteiger partial charge in [-0.05, 0) is 105 Å². The minimum atomic E-state index is 1.09. The molecular weight excluding hydrogens is 725 g/mol. The summed E-state index contributed by atoms with van der Waals surface area (Å²) in [5.74, 6) is 0. The third-order valence-electron chi connectivity index (χ3n) is 11.8. The van der Waals surface area contributed by atoms with E-state index >= 15 is 0 Å². The molecule has 11 aromatic rings. The van der Waals surface area contributed by atoms with Crippen LogP contribution in [0.4, 0.5) is 17.1 Å². The number of para-hydroxylation sites is 3. The Kier molecular flexibility index (Phi) is 8.87. The Balaban J connectivity index is 1.05. The molecule has 0 amide bonds. The zero-order valence-electron chi connectivity index (χ0n) is 33.0. The first-order valence-corrected chi connectivity index (χ1v) is 20.6. The number of aromatic nitrogens is 1. The van der Waals surface area contributed by atoms with Crippen LogP contribution in [0.3, 0.4) is 0 Å². The van der Waals surface area contributed by atoms with E-state index in [1.54, 1.807) is 0 Å². The van der Waals surface area contributed by atoms with Crippen LogP contribution >= 0.6 is 0 Å². The number of hydrogen-bond donors (Lipinski definition) is 0. The Labute approximate surface area is 350 Å². The molecule has 0 unspecified atom stereocenters. The fraction of sp³-hybridized carbons (Fsp3) is 0. The van der Waals surface area contributed by atoms with E-state index in [0.717, 1.165) is 33.9 Å². The van der Waals surface area contributed by atoms with Crippen molar-refractivity contribution in [3.05, 3.63) is 243 Å². The van der Waals surface area contributed by atoms with Gasteiger partial charge in [-0.2, -0.15) is 0 Å². The molecule has 1 aromatic heterocycles. The lowest BCUT2D eigenvalue weighted by Crippen LogP contribution is -2.11. The van der Waals surface area contributed by atoms with Gasteiger partial charge in [0.15, 0.2) is 0 Å². The number of rotatable bonds is 8. The van der Waals surface area contributed by atoms with Crippen LogP contribution in [0.25, 0.3) is 82.8 Å². The summed E-state index contributed by atoms with van der Waals surface area (Å²) in [6.07, 6.45) is 0. The molecule has 2 heteroatoms. The molecule has 0 bridgehead atoms. The van der Waals surface area contributed by atoms with Gasteiger partial charge in [0.25, 0.3) is 0 Å². The van der Waals surface area contributed by atoms with Gasteiger partial charge in [0.2, 0.25) is 0 Å². The zero-order chi connectivity index (χ0) is 39.8. The monoisotopic (exact) mass is 764 g/mol. The molecule has 0 spiro atoms. The molecule has 0 aliphatic heterocycles. The standard InChI is InChI=1S/C58H40N2/c1-3-17-41(18-4-1)44-21-13-22-45(39-44)42-35-37-49(38-36-42)59(55-33-15-20-43-19-7-8-27-50(43)55)54-31-11-9-28-51(54)46-23-14-24-47(40-46)52-30-16-34-57-58(52)53-29-10-12-32-56(53)60(57)48-25-5-2-6-26-48/h1-40H. The van der Waals surface area contributed by atoms with Gasteiger partial charge in [0.1, 0.15) is 0 Å². The smallest absolute Gasteiger partial charge is 0.0547 e. The molecule has 2 nitrogen and oxygen atoms in total. The normalized spacial score (nSPS) is 11.3. The second kappa shape index (κ2) is 15.1. The van der Waals surface area contributed by atoms with E-state index in [1.165, 1.54) is 66.0 Å². The summed E-state index contributed by atoms with van der Waals surface area (Å²) in [6.45, 7) is 0. The summed E-state index contributed by atoms with van der Waals surface area (Å²) in [5, 5.41) is 4.91. The molecule has 0 atom stereocenters. The average Bonchev–Trinajstić information content (AvgIpc) is 3.67. The first-order valence-electron chi connectivity index (χ1n) is 20.6. The van der Waals surface area contributed by atoms with Gasteiger partial charge in [-0.1, -0.05) is 182 Å². The highest BCUT2D eigenvalue weighted by molar-refractivity contribution is 6.16. The van der Waals surface area contributed by atoms with Crippen molar-refractivity contribution in [2.75, 3.05) is 4.90 Å². The number of nitrogens with zero attached hydrogens (tertiary/aromatic N) is 2. The van der Waals surface area contributed by atoms with E-state index in [1.807, 2.05) is 0 Å². The lowest BCUT2D eigenvalue weighted by molar-refractivity contribution is 1.18. The zero-order valence-corrected chi connectivity index (χ0v) is 33.0. The van der Waals surface area contributed by atoms with Crippen molar-refractivity contribution in [3.63, 3.8) is 0 Å². The predicted molar refractivity (Wildman–Crippen MR) is 255 cm³/mol. The Morgan fingerprint density at radius 3 is 1.60 bits per heavy atom. The fourth-order valence-corrected chi connectivity index (χ4v) is 9.01. The van der Waals surface area contributed by atoms with Crippen LogP contribution in [0.1, 0.15) is 0 Å². The highest BCUT2D eigenvalue weighted by Gasteiger charge is 2.21. The molecule has 0 fully saturated rings. The number of anilines is 3. The van der Waals surface area contributed by atoms with Gasteiger partial charge in [-0.3, -0.25) is 0 Å². The maximum Gasteiger partial charge on any atom is 0.0547 e. The largest absolute Gasteiger partial charge is 0.309 e. The van der Waals surface area contributed by atoms with Crippen LogP contribution in [0, 0.1) is 0 Å². The average molecular weight is 765 g/mol. The van der Waals surface area contributed by atoms with Crippen LogP contribution in [0.2, 0.25) is 0 Å². The molecule has 0 aliphatic rings. The molecule has 60 heavy (non-hydrogen) atoms. The van der Waals surface area contributed by atoms with Crippen LogP contribution in [-0.4, -0.2) is 4.57 Å². The Morgan fingerprint density at radius 2 is 0.800 bits per heavy atom. The quantitative estimate of drug-likeness (QED) is 0.150. The van der Waals surface area contributed by atoms with Crippen molar-refractivity contribution in [1.29, 1.82) is 0 Å². The molecule has 10 aromatic carbocycles. The van der Waals surface area contributed by atoms with Gasteiger partial charge < -0.3 is 9.47 Å². The predicted octanol–water partition coefficient (Wildman–Crippen LogP) is 16.1. The molecule has 0 aliphatic carbocycles. The first kappa shape index (κ1) is 35.2. The minimum Gasteiger partial charge on any atom is -0.309 e. The lowest BCUT2D eigenvalue weighted by atomic mass is 9.94. The molecule has 11 rings (SSSR count). The summed E-state index contributed by atoms with van der Waals surface area (Å²) in [6, 6.07) is 87.9. The topological polar surface area (TPSA) is 8.17 Å². The molecule has 0 radical (unpaired) electrons. The number of fused-ring (bicyclic) bond motifs is 4. The third-order valence-corrected chi connectivity index (χ3v) is 11.8. The number of benzene rings is 10. The molecule has 0 saturated carbocycles. The van der Waals surface area contributed by atoms with E-state index in [-0.39, 0.29) is 0 Å². The molecular formula is C58H40N2. The highest BCUT2D eigenvalue weighted by atomic mass is 15.1. The van der Waals surface area contributed by atoms with Crippen LogP contribution in [0.5, 0.6) is 0 Å². The second-order valence-electron chi connectivity index (χ2n) is 15.3. The lowest BCUT2D eigenvalue weighted by Gasteiger charge is -2.29. The van der Waals surface area contributed by atoms with E-state index in [4.69, 9.17) is 0 Å². The van der Waals surface area contributed by atoms with Crippen molar-refractivity contribution >= 4 is 49.6 Å². The van der Waals surface area contributed by atoms with E-state index < -0.39 is 0 Å². The van der Waals surface area contributed by atoms with E-state index in [2.05, 4.69) is 252 Å². The maximum absolute atomic E-state index is 2.43. The summed E-state index contributed by atoms with van der Waals surface area (Å²) >= 11 is 0. The van der Waals surface area contributed by atoms with E-state index in [0.29, 0.717) is 0 Å². The fourth-order valence-electron chi connectivity index (χ4n) is 9.01. The van der Waals surface area contributed by atoms with Crippen molar-refractivity contribution in [1.82, 2.24) is 4.57 Å². The highest BCUT2D eigenvalue weighted by Crippen LogP contribution is 2.45. The van der Waals surface area contributed by atoms with Gasteiger partial charge in [0, 0.05) is 33.1 Å². The third kappa shape index (κ3) is 6.23. The van der Waals surface area contributed by atoms with Gasteiger partial charge in [-0.25, -0.2) is 0 Å². The number of hydrogen-bond acceptors (Lipinski definition) is 1. The summed E-state index contributed by atoms with van der Waals surface area (Å²) in [4.78, 5) is 2.43. The van der Waals surface area contributed by atoms with Crippen molar-refractivity contribution in [3.8, 4) is 50.2 Å². The van der Waals surface area contributed by atoms with Crippen molar-refractivity contribution in [2.24, 2.45) is 0 Å². The SMILES string of the molecule is c1ccc(-c2cccc(-c3ccc(N(c4ccccc4-c4cccc(-c5cccc6c5c5ccccc5n6-c5ccccc5)c4)c4cccc5ccccc45)cc3)c2)cc1. The first-order chi connectivity index (χ1) is 29.8. The van der Waals surface area contributed by atoms with Crippen LogP contribution < -0.4 is 4.90 Å². The van der Waals surface area contributed by atoms with Gasteiger partial charge in [-0.15, -0.1) is 0 Å². The van der Waals surface area contributed by atoms with Gasteiger partial charge >= 0.3 is 0 Å². The molecule has 0 N–H and O–H groups in total. The summed E-state index contributed by atoms with van der Waals surface area (Å²) < 4.78 is 2.39. The molecule has 0 saturated heterocycles. The Hall–Kier alpha value is -7.94. The van der Waals surface area contributed by atoms with Crippen LogP contribution in [-0.2, 0) is 0 Å². The molecule has 1 heterocycles. The van der Waals surface area contributed by atoms with E-state index in [9.17, 15) is 0 Å².